The number of aryl methyl sites for hydroxylation is 2. The smallest absolute Gasteiger partial charge is 0.254 e. The molecule has 2 N–H and O–H groups in total. The zero-order valence-electron chi connectivity index (χ0n) is 9.75. The Labute approximate surface area is 94.5 Å². The first kappa shape index (κ1) is 12.9. The predicted molar refractivity (Wildman–Crippen MR) is 60.6 cm³/mol. The molecule has 0 aliphatic rings. The van der Waals surface area contributed by atoms with Crippen molar-refractivity contribution in [2.45, 2.75) is 26.2 Å². The lowest BCUT2D eigenvalue weighted by atomic mass is 10.1. The number of aliphatic hydroxyl groups excluding tert-OH is 1. The number of hydrogen-bond donors (Lipinski definition) is 2. The summed E-state index contributed by atoms with van der Waals surface area (Å²) in [7, 11) is 1.64. The van der Waals surface area contributed by atoms with Crippen molar-refractivity contribution in [2.24, 2.45) is 0 Å². The summed E-state index contributed by atoms with van der Waals surface area (Å²) in [5, 5.41) is 8.81. The van der Waals surface area contributed by atoms with Gasteiger partial charge in [0, 0.05) is 44.4 Å². The highest BCUT2D eigenvalue weighted by molar-refractivity contribution is 5.16. The van der Waals surface area contributed by atoms with Crippen LogP contribution in [0.1, 0.15) is 23.5 Å². The minimum atomic E-state index is -0.144. The van der Waals surface area contributed by atoms with Gasteiger partial charge in [0.25, 0.3) is 5.56 Å². The fourth-order valence-corrected chi connectivity index (χ4v) is 1.58. The molecule has 1 aromatic heterocycles. The molecule has 16 heavy (non-hydrogen) atoms. The van der Waals surface area contributed by atoms with Crippen LogP contribution < -0.4 is 5.56 Å². The van der Waals surface area contributed by atoms with Crippen LogP contribution in [0.3, 0.4) is 0 Å². The number of nitrogens with one attached hydrogen (secondary N) is 1. The Bertz CT molecular complexity index is 387. The van der Waals surface area contributed by atoms with E-state index < -0.39 is 0 Å². The molecule has 0 amide bonds. The van der Waals surface area contributed by atoms with Crippen LogP contribution in [0.25, 0.3) is 0 Å². The van der Waals surface area contributed by atoms with E-state index in [2.05, 4.69) is 9.97 Å². The Morgan fingerprint density at radius 1 is 1.44 bits per heavy atom. The van der Waals surface area contributed by atoms with Gasteiger partial charge in [-0.1, -0.05) is 0 Å². The molecule has 0 fully saturated rings. The first-order valence-corrected chi connectivity index (χ1v) is 5.37. The second-order valence-corrected chi connectivity index (χ2v) is 3.65. The standard InChI is InChI=1S/C11H18N2O3/c1-8-9(5-6-14)11(15)13-10(12-8)4-3-7-16-2/h14H,3-7H2,1-2H3,(H,12,13,15). The molecule has 0 bridgehead atoms. The molecule has 0 aliphatic heterocycles. The summed E-state index contributed by atoms with van der Waals surface area (Å²) in [5.74, 6) is 0.682. The second-order valence-electron chi connectivity index (χ2n) is 3.65. The van der Waals surface area contributed by atoms with Crippen molar-refractivity contribution < 1.29 is 9.84 Å². The predicted octanol–water partition coefficient (Wildman–Crippen LogP) is 0.192. The van der Waals surface area contributed by atoms with Crippen molar-refractivity contribution in [1.29, 1.82) is 0 Å². The lowest BCUT2D eigenvalue weighted by Gasteiger charge is -2.05. The van der Waals surface area contributed by atoms with E-state index in [1.54, 1.807) is 14.0 Å². The first-order chi connectivity index (χ1) is 7.69. The van der Waals surface area contributed by atoms with Crippen molar-refractivity contribution >= 4 is 0 Å². The van der Waals surface area contributed by atoms with Crippen LogP contribution in [0.2, 0.25) is 0 Å². The van der Waals surface area contributed by atoms with Crippen LogP contribution in [0.15, 0.2) is 4.79 Å². The Hall–Kier alpha value is -1.20. The number of H-pyrrole nitrogens is 1. The van der Waals surface area contributed by atoms with E-state index in [9.17, 15) is 4.79 Å². The number of methoxy groups -OCH3 is 1. The zero-order chi connectivity index (χ0) is 12.0. The molecule has 1 aromatic rings. The SMILES string of the molecule is COCCCc1nc(C)c(CCO)c(=O)[nH]1. The van der Waals surface area contributed by atoms with Crippen LogP contribution >= 0.6 is 0 Å². The maximum atomic E-state index is 11.6. The van der Waals surface area contributed by atoms with Crippen molar-refractivity contribution in [3.8, 4) is 0 Å². The highest BCUT2D eigenvalue weighted by atomic mass is 16.5. The van der Waals surface area contributed by atoms with E-state index in [0.29, 0.717) is 36.5 Å². The molecule has 0 aromatic carbocycles. The molecule has 90 valence electrons. The topological polar surface area (TPSA) is 75.2 Å². The molecule has 0 aliphatic carbocycles. The van der Waals surface area contributed by atoms with Crippen molar-refractivity contribution in [1.82, 2.24) is 9.97 Å². The number of aromatic amines is 1. The van der Waals surface area contributed by atoms with Gasteiger partial charge in [-0.05, 0) is 13.3 Å². The van der Waals surface area contributed by atoms with Crippen LogP contribution in [0.5, 0.6) is 0 Å². The van der Waals surface area contributed by atoms with Crippen molar-refractivity contribution in [2.75, 3.05) is 20.3 Å². The summed E-state index contributed by atoms with van der Waals surface area (Å²) < 4.78 is 4.93. The molecule has 0 spiro atoms. The summed E-state index contributed by atoms with van der Waals surface area (Å²) in [6, 6.07) is 0. The zero-order valence-corrected chi connectivity index (χ0v) is 9.75. The fourth-order valence-electron chi connectivity index (χ4n) is 1.58. The maximum Gasteiger partial charge on any atom is 0.254 e. The van der Waals surface area contributed by atoms with Crippen LogP contribution in [0.4, 0.5) is 0 Å². The van der Waals surface area contributed by atoms with Crippen LogP contribution in [-0.4, -0.2) is 35.4 Å². The summed E-state index contributed by atoms with van der Waals surface area (Å²) in [4.78, 5) is 18.7. The van der Waals surface area contributed by atoms with E-state index in [4.69, 9.17) is 9.84 Å². The highest BCUT2D eigenvalue weighted by Gasteiger charge is 2.07. The number of nitrogens with zero attached hydrogens (tertiary/aromatic N) is 1. The molecule has 1 rings (SSSR count). The second kappa shape index (κ2) is 6.40. The van der Waals surface area contributed by atoms with Gasteiger partial charge in [-0.15, -0.1) is 0 Å². The summed E-state index contributed by atoms with van der Waals surface area (Å²) >= 11 is 0. The lowest BCUT2D eigenvalue weighted by molar-refractivity contribution is 0.194. The van der Waals surface area contributed by atoms with E-state index >= 15 is 0 Å². The van der Waals surface area contributed by atoms with E-state index in [1.165, 1.54) is 0 Å². The average molecular weight is 226 g/mol. The molecule has 5 heteroatoms. The number of hydrogen-bond acceptors (Lipinski definition) is 4. The van der Waals surface area contributed by atoms with Gasteiger partial charge in [-0.2, -0.15) is 0 Å². The van der Waals surface area contributed by atoms with Gasteiger partial charge in [-0.3, -0.25) is 4.79 Å². The van der Waals surface area contributed by atoms with Gasteiger partial charge in [0.05, 0.1) is 0 Å². The average Bonchev–Trinajstić information content (AvgIpc) is 2.24. The Kier molecular flexibility index (Phi) is 5.14. The van der Waals surface area contributed by atoms with Gasteiger partial charge in [0.1, 0.15) is 5.82 Å². The van der Waals surface area contributed by atoms with Crippen LogP contribution in [0, 0.1) is 6.92 Å². The van der Waals surface area contributed by atoms with Crippen molar-refractivity contribution in [3.63, 3.8) is 0 Å². The Morgan fingerprint density at radius 3 is 2.75 bits per heavy atom. The lowest BCUT2D eigenvalue weighted by Crippen LogP contribution is -2.20. The third-order valence-electron chi connectivity index (χ3n) is 2.40. The number of ether oxygens (including phenoxy) is 1. The summed E-state index contributed by atoms with van der Waals surface area (Å²) in [5.41, 5.74) is 1.12. The largest absolute Gasteiger partial charge is 0.396 e. The third kappa shape index (κ3) is 3.43. The molecular formula is C11H18N2O3. The monoisotopic (exact) mass is 226 g/mol. The molecule has 1 heterocycles. The molecular weight excluding hydrogens is 208 g/mol. The molecule has 0 saturated carbocycles. The van der Waals surface area contributed by atoms with Gasteiger partial charge in [0.15, 0.2) is 0 Å². The van der Waals surface area contributed by atoms with E-state index in [0.717, 1.165) is 6.42 Å². The molecule has 0 radical (unpaired) electrons. The minimum absolute atomic E-state index is 0.0331. The van der Waals surface area contributed by atoms with Crippen LogP contribution in [-0.2, 0) is 17.6 Å². The number of aliphatic hydroxyl groups is 1. The normalized spacial score (nSPS) is 10.7. The fraction of sp³-hybridized carbons (Fsp3) is 0.636. The quantitative estimate of drug-likeness (QED) is 0.679. The van der Waals surface area contributed by atoms with Gasteiger partial charge in [0.2, 0.25) is 0 Å². The van der Waals surface area contributed by atoms with Crippen molar-refractivity contribution in [3.05, 3.63) is 27.4 Å². The van der Waals surface area contributed by atoms with E-state index in [1.807, 2.05) is 0 Å². The number of aromatic nitrogens is 2. The maximum absolute atomic E-state index is 11.6. The van der Waals surface area contributed by atoms with E-state index in [-0.39, 0.29) is 12.2 Å². The third-order valence-corrected chi connectivity index (χ3v) is 2.40. The molecule has 0 atom stereocenters. The molecule has 0 unspecified atom stereocenters. The minimum Gasteiger partial charge on any atom is -0.396 e. The van der Waals surface area contributed by atoms with Gasteiger partial charge >= 0.3 is 0 Å². The summed E-state index contributed by atoms with van der Waals surface area (Å²) in [6.45, 7) is 2.41. The van der Waals surface area contributed by atoms with Gasteiger partial charge < -0.3 is 14.8 Å². The Balaban J connectivity index is 2.79. The summed E-state index contributed by atoms with van der Waals surface area (Å²) in [6.07, 6.45) is 1.88. The van der Waals surface area contributed by atoms with Gasteiger partial charge in [-0.25, -0.2) is 4.98 Å². The Morgan fingerprint density at radius 2 is 2.19 bits per heavy atom. The number of rotatable bonds is 6. The molecule has 0 saturated heterocycles. The first-order valence-electron chi connectivity index (χ1n) is 5.37. The highest BCUT2D eigenvalue weighted by Crippen LogP contribution is 2.01. The molecule has 5 nitrogen and oxygen atoms in total.